The van der Waals surface area contributed by atoms with E-state index in [-0.39, 0.29) is 12.7 Å². The van der Waals surface area contributed by atoms with E-state index in [9.17, 15) is 38.3 Å². The molecule has 7 atom stereocenters. The topological polar surface area (TPSA) is 235 Å². The minimum absolute atomic E-state index is 0.000705. The molecule has 2 fully saturated rings. The van der Waals surface area contributed by atoms with Gasteiger partial charge in [0.05, 0.1) is 12.7 Å². The van der Waals surface area contributed by atoms with Crippen LogP contribution >= 0.6 is 8.25 Å². The third-order valence-electron chi connectivity index (χ3n) is 5.63. The van der Waals surface area contributed by atoms with Crippen LogP contribution < -0.4 is 22.5 Å². The Morgan fingerprint density at radius 1 is 1.22 bits per heavy atom. The molecule has 18 heteroatoms. The van der Waals surface area contributed by atoms with E-state index in [2.05, 4.69) is 14.2 Å². The fourth-order valence-electron chi connectivity index (χ4n) is 3.73. The van der Waals surface area contributed by atoms with Crippen molar-refractivity contribution in [1.82, 2.24) is 19.1 Å². The van der Waals surface area contributed by atoms with Gasteiger partial charge in [0.15, 0.2) is 6.10 Å². The predicted molar refractivity (Wildman–Crippen MR) is 119 cm³/mol. The van der Waals surface area contributed by atoms with Gasteiger partial charge in [-0.15, -0.1) is 9.42 Å². The fourth-order valence-corrected chi connectivity index (χ4v) is 4.02. The van der Waals surface area contributed by atoms with Crippen molar-refractivity contribution >= 4 is 8.25 Å². The van der Waals surface area contributed by atoms with Crippen LogP contribution in [0.15, 0.2) is 37.6 Å². The molecule has 1 unspecified atom stereocenters. The van der Waals surface area contributed by atoms with Gasteiger partial charge in [0.2, 0.25) is 0 Å². The second-order valence-electron chi connectivity index (χ2n) is 8.17. The molecule has 0 saturated carbocycles. The number of hydrogen-bond acceptors (Lipinski definition) is 11. The Labute approximate surface area is 206 Å². The number of aromatic amines is 2. The van der Waals surface area contributed by atoms with Gasteiger partial charge in [-0.05, 0) is 19.8 Å². The molecular weight excluding hydrogens is 526 g/mol. The van der Waals surface area contributed by atoms with Crippen molar-refractivity contribution in [2.75, 3.05) is 13.2 Å². The summed E-state index contributed by atoms with van der Waals surface area (Å²) in [5, 5.41) is 27.8. The molecule has 0 bridgehead atoms. The molecule has 0 amide bonds. The van der Waals surface area contributed by atoms with Crippen LogP contribution in [0.2, 0.25) is 0 Å². The Kier molecular flexibility index (Phi) is 9.04. The van der Waals surface area contributed by atoms with E-state index < -0.39 is 67.9 Å². The van der Waals surface area contributed by atoms with Crippen molar-refractivity contribution in [2.45, 2.75) is 56.4 Å². The first kappa shape index (κ1) is 28.7. The number of halogens is 1. The first-order valence-corrected chi connectivity index (χ1v) is 11.9. The molecule has 2 aliphatic rings. The highest BCUT2D eigenvalue weighted by Gasteiger charge is 2.57. The molecule has 0 aliphatic carbocycles. The first-order valence-electron chi connectivity index (χ1n) is 10.8. The molecule has 16 nitrogen and oxygen atoms in total. The summed E-state index contributed by atoms with van der Waals surface area (Å²) in [5.74, 6) is -3.05. The average molecular weight is 551 g/mol. The van der Waals surface area contributed by atoms with E-state index >= 15 is 0 Å². The van der Waals surface area contributed by atoms with Gasteiger partial charge < -0.3 is 24.8 Å². The summed E-state index contributed by atoms with van der Waals surface area (Å²) >= 11 is 0. The zero-order chi connectivity index (χ0) is 27.5. The normalized spacial score (nSPS) is 29.6. The lowest BCUT2D eigenvalue weighted by molar-refractivity contribution is -0.239. The molecule has 0 radical (unpaired) electrons. The van der Waals surface area contributed by atoms with E-state index in [1.165, 1.54) is 10.8 Å². The van der Waals surface area contributed by atoms with Crippen LogP contribution in [0.25, 0.3) is 0 Å². The number of nitrogens with one attached hydrogen (secondary N) is 2. The number of aliphatic hydroxyl groups excluding tert-OH is 3. The van der Waals surface area contributed by atoms with Gasteiger partial charge in [0.1, 0.15) is 25.0 Å². The van der Waals surface area contributed by atoms with Crippen LogP contribution in [-0.2, 0) is 24.5 Å². The van der Waals surface area contributed by atoms with Crippen LogP contribution in [-0.4, -0.2) is 76.9 Å². The highest BCUT2D eigenvalue weighted by Crippen LogP contribution is 2.35. The Hall–Kier alpha value is -2.89. The largest absolute Gasteiger partial charge is 0.694 e. The van der Waals surface area contributed by atoms with Crippen LogP contribution in [0, 0.1) is 6.92 Å². The Morgan fingerprint density at radius 3 is 2.51 bits per heavy atom. The highest BCUT2D eigenvalue weighted by atomic mass is 31.1. The monoisotopic (exact) mass is 551 g/mol. The molecule has 4 heterocycles. The van der Waals surface area contributed by atoms with Crippen molar-refractivity contribution < 1.29 is 43.2 Å². The smallest absolute Gasteiger partial charge is 0.394 e. The number of aromatic nitrogens is 4. The SMILES string of the molecule is Cc1cn([C@H]2CC[C@@H](CO[P+](=O)O)O2)c(=O)[nH]c1=O.O=c1ccn([C@]2(F)O[C@H](CO)[C@@H](O)[C@H]2O)c(=O)[nH]1. The predicted octanol–water partition coefficient (Wildman–Crippen LogP) is -2.58. The molecule has 2 saturated heterocycles. The molecule has 2 aromatic rings. The summed E-state index contributed by atoms with van der Waals surface area (Å²) in [7, 11) is -2.65. The Bertz CT molecular complexity index is 1360. The fraction of sp³-hybridized carbons (Fsp3) is 0.579. The summed E-state index contributed by atoms with van der Waals surface area (Å²) in [5.41, 5.74) is -2.42. The lowest BCUT2D eigenvalue weighted by Crippen LogP contribution is -2.48. The zero-order valence-electron chi connectivity index (χ0n) is 19.2. The second kappa shape index (κ2) is 11.7. The quantitative estimate of drug-likeness (QED) is 0.203. The summed E-state index contributed by atoms with van der Waals surface area (Å²) in [6, 6.07) is 0.859. The van der Waals surface area contributed by atoms with E-state index in [0.717, 1.165) is 12.3 Å². The standard InChI is InChI=1S/C10H13N2O6P.C9H11FN2O6/c1-6-4-12(10(14)11-9(6)13)8-3-2-7(18-8)5-17-19(15)16;10-9(7(16)6(15)4(3-13)18-9)12-2-1-5(14)11-8(12)17/h4,7-8H,2-3,5H2,1H3,(H-,11,13,14,15,16);1-2,4,6-7,13,15-16H,3H2,(H,11,14,17)/p+1/t7-,8+;4-,6-,7-,9+/m01/s1. The maximum atomic E-state index is 14.4. The van der Waals surface area contributed by atoms with E-state index in [4.69, 9.17) is 14.7 Å². The molecule has 6 N–H and O–H groups in total. The van der Waals surface area contributed by atoms with Gasteiger partial charge in [-0.25, -0.2) is 14.2 Å². The minimum Gasteiger partial charge on any atom is -0.394 e. The van der Waals surface area contributed by atoms with Gasteiger partial charge in [-0.2, -0.15) is 4.39 Å². The molecule has 2 aromatic heterocycles. The molecular formula is C19H25FN4O12P+. The van der Waals surface area contributed by atoms with E-state index in [0.29, 0.717) is 23.0 Å². The Balaban J connectivity index is 0.000000206. The number of aryl methyl sites for hydroxylation is 1. The Morgan fingerprint density at radius 2 is 1.92 bits per heavy atom. The number of hydrogen-bond donors (Lipinski definition) is 6. The number of aliphatic hydroxyl groups is 3. The maximum absolute atomic E-state index is 14.4. The maximum Gasteiger partial charge on any atom is 0.694 e. The van der Waals surface area contributed by atoms with Gasteiger partial charge in [0, 0.05) is 28.6 Å². The summed E-state index contributed by atoms with van der Waals surface area (Å²) in [6.45, 7) is 0.863. The van der Waals surface area contributed by atoms with Crippen molar-refractivity contribution in [3.8, 4) is 0 Å². The molecule has 0 aromatic carbocycles. The minimum atomic E-state index is -3.05. The summed E-state index contributed by atoms with van der Waals surface area (Å²) in [6.07, 6.45) is -2.55. The van der Waals surface area contributed by atoms with Crippen molar-refractivity contribution in [3.63, 3.8) is 0 Å². The third-order valence-corrected chi connectivity index (χ3v) is 6.00. The van der Waals surface area contributed by atoms with Crippen LogP contribution in [0.5, 0.6) is 0 Å². The first-order chi connectivity index (χ1) is 17.4. The number of ether oxygens (including phenoxy) is 2. The van der Waals surface area contributed by atoms with E-state index in [1.807, 2.05) is 0 Å². The molecule has 0 spiro atoms. The molecule has 204 valence electrons. The highest BCUT2D eigenvalue weighted by molar-refractivity contribution is 7.32. The summed E-state index contributed by atoms with van der Waals surface area (Å²) < 4.78 is 41.2. The van der Waals surface area contributed by atoms with Crippen molar-refractivity contribution in [1.29, 1.82) is 0 Å². The van der Waals surface area contributed by atoms with Crippen LogP contribution in [0.4, 0.5) is 4.39 Å². The zero-order valence-corrected chi connectivity index (χ0v) is 20.1. The van der Waals surface area contributed by atoms with E-state index in [1.54, 1.807) is 11.9 Å². The second-order valence-corrected chi connectivity index (χ2v) is 8.90. The van der Waals surface area contributed by atoms with Gasteiger partial charge in [0.25, 0.3) is 11.1 Å². The third kappa shape index (κ3) is 6.34. The number of alkyl halides is 1. The lowest BCUT2D eigenvalue weighted by atomic mass is 10.1. The van der Waals surface area contributed by atoms with Crippen molar-refractivity contribution in [3.05, 3.63) is 65.7 Å². The molecule has 37 heavy (non-hydrogen) atoms. The molecule has 4 rings (SSSR count). The van der Waals surface area contributed by atoms with Crippen molar-refractivity contribution in [2.24, 2.45) is 0 Å². The lowest BCUT2D eigenvalue weighted by Gasteiger charge is -2.24. The number of nitrogens with zero attached hydrogens (tertiary/aromatic N) is 2. The van der Waals surface area contributed by atoms with Gasteiger partial charge >= 0.3 is 25.6 Å². The van der Waals surface area contributed by atoms with Crippen LogP contribution in [0.3, 0.4) is 0 Å². The summed E-state index contributed by atoms with van der Waals surface area (Å²) in [4.78, 5) is 57.7. The molecule has 2 aliphatic heterocycles. The average Bonchev–Trinajstić information content (AvgIpc) is 3.39. The van der Waals surface area contributed by atoms with Gasteiger partial charge in [-0.1, -0.05) is 0 Å². The van der Waals surface area contributed by atoms with Gasteiger partial charge in [-0.3, -0.25) is 24.1 Å². The number of rotatable bonds is 6. The van der Waals surface area contributed by atoms with Crippen LogP contribution in [0.1, 0.15) is 24.6 Å². The number of H-pyrrole nitrogens is 2.